The molecule has 1 atom stereocenters. The van der Waals surface area contributed by atoms with E-state index < -0.39 is 28.5 Å². The maximum absolute atomic E-state index is 14.0. The summed E-state index contributed by atoms with van der Waals surface area (Å²) in [4.78, 5) is 28.4. The first-order valence-electron chi connectivity index (χ1n) is 13.4. The molecule has 0 radical (unpaired) electrons. The van der Waals surface area contributed by atoms with E-state index in [9.17, 15) is 18.0 Å². The molecule has 0 saturated heterocycles. The number of carbonyl (C=O) groups excluding carboxylic acids is 2. The number of benzene rings is 3. The van der Waals surface area contributed by atoms with Gasteiger partial charge in [-0.25, -0.2) is 8.42 Å². The van der Waals surface area contributed by atoms with Gasteiger partial charge in [0.05, 0.1) is 24.8 Å². The Morgan fingerprint density at radius 2 is 1.56 bits per heavy atom. The molecule has 0 heterocycles. The molecule has 0 aliphatic carbocycles. The van der Waals surface area contributed by atoms with E-state index >= 15 is 0 Å². The molecule has 0 spiro atoms. The summed E-state index contributed by atoms with van der Waals surface area (Å²) in [5, 5.41) is 2.89. The van der Waals surface area contributed by atoms with Gasteiger partial charge in [0.15, 0.2) is 11.5 Å². The van der Waals surface area contributed by atoms with Crippen LogP contribution in [0.15, 0.2) is 77.7 Å². The summed E-state index contributed by atoms with van der Waals surface area (Å²) in [6.07, 6.45) is 0. The van der Waals surface area contributed by atoms with Crippen LogP contribution < -0.4 is 19.1 Å². The number of hydrogen-bond donors (Lipinski definition) is 1. The molecular formula is C31H39N3O6S. The topological polar surface area (TPSA) is 105 Å². The van der Waals surface area contributed by atoms with E-state index in [2.05, 4.69) is 5.32 Å². The van der Waals surface area contributed by atoms with Gasteiger partial charge in [-0.05, 0) is 49.6 Å². The van der Waals surface area contributed by atoms with Crippen LogP contribution >= 0.6 is 0 Å². The fourth-order valence-electron chi connectivity index (χ4n) is 4.27. The van der Waals surface area contributed by atoms with Crippen molar-refractivity contribution in [3.8, 4) is 11.5 Å². The number of anilines is 1. The summed E-state index contributed by atoms with van der Waals surface area (Å²) in [7, 11) is -1.36. The monoisotopic (exact) mass is 581 g/mol. The first-order chi connectivity index (χ1) is 19.5. The molecule has 1 N–H and O–H groups in total. The summed E-state index contributed by atoms with van der Waals surface area (Å²) >= 11 is 0. The van der Waals surface area contributed by atoms with Crippen molar-refractivity contribution >= 4 is 27.5 Å². The fraction of sp³-hybridized carbons (Fsp3) is 0.355. The first kappa shape index (κ1) is 31.5. The van der Waals surface area contributed by atoms with E-state index in [1.807, 2.05) is 45.0 Å². The third-order valence-electron chi connectivity index (χ3n) is 6.55. The minimum absolute atomic E-state index is 0.0697. The number of aryl methyl sites for hydroxylation is 1. The van der Waals surface area contributed by atoms with E-state index in [-0.39, 0.29) is 29.0 Å². The summed E-state index contributed by atoms with van der Waals surface area (Å²) in [6.45, 7) is 7.64. The van der Waals surface area contributed by atoms with Gasteiger partial charge in [0.2, 0.25) is 11.8 Å². The molecular weight excluding hydrogens is 542 g/mol. The molecule has 3 rings (SSSR count). The second-order valence-corrected chi connectivity index (χ2v) is 12.1. The summed E-state index contributed by atoms with van der Waals surface area (Å²) in [5.41, 5.74) is 2.15. The molecule has 0 aromatic heterocycles. The highest BCUT2D eigenvalue weighted by Crippen LogP contribution is 2.32. The lowest BCUT2D eigenvalue weighted by molar-refractivity contribution is -0.139. The zero-order valence-corrected chi connectivity index (χ0v) is 25.3. The summed E-state index contributed by atoms with van der Waals surface area (Å²) < 4.78 is 39.7. The second-order valence-electron chi connectivity index (χ2n) is 10.2. The quantitative estimate of drug-likeness (QED) is 0.321. The van der Waals surface area contributed by atoms with Gasteiger partial charge in [0, 0.05) is 19.2 Å². The molecule has 0 bridgehead atoms. The van der Waals surface area contributed by atoms with Crippen LogP contribution in [0.2, 0.25) is 0 Å². The smallest absolute Gasteiger partial charge is 0.264 e. The van der Waals surface area contributed by atoms with Crippen molar-refractivity contribution in [2.24, 2.45) is 5.92 Å². The van der Waals surface area contributed by atoms with Crippen molar-refractivity contribution in [3.63, 3.8) is 0 Å². The maximum atomic E-state index is 14.0. The number of carbonyl (C=O) groups is 2. The highest BCUT2D eigenvalue weighted by molar-refractivity contribution is 7.92. The third kappa shape index (κ3) is 8.00. The zero-order chi connectivity index (χ0) is 30.2. The number of methoxy groups -OCH3 is 2. The molecule has 220 valence electrons. The highest BCUT2D eigenvalue weighted by Gasteiger charge is 2.33. The largest absolute Gasteiger partial charge is 0.493 e. The van der Waals surface area contributed by atoms with Crippen LogP contribution in [0.3, 0.4) is 0 Å². The van der Waals surface area contributed by atoms with Crippen molar-refractivity contribution in [1.82, 2.24) is 10.2 Å². The Kier molecular flexibility index (Phi) is 10.8. The number of hydrogen-bond acceptors (Lipinski definition) is 6. The Morgan fingerprint density at radius 1 is 0.878 bits per heavy atom. The van der Waals surface area contributed by atoms with Gasteiger partial charge >= 0.3 is 0 Å². The number of nitrogens with one attached hydrogen (secondary N) is 1. The number of nitrogens with zero attached hydrogens (tertiary/aromatic N) is 2. The number of ether oxygens (including phenoxy) is 2. The highest BCUT2D eigenvalue weighted by atomic mass is 32.2. The molecule has 1 unspecified atom stereocenters. The first-order valence-corrected chi connectivity index (χ1v) is 14.8. The second kappa shape index (κ2) is 14.0. The maximum Gasteiger partial charge on any atom is 0.264 e. The average molecular weight is 582 g/mol. The van der Waals surface area contributed by atoms with Gasteiger partial charge < -0.3 is 19.7 Å². The van der Waals surface area contributed by atoms with Crippen LogP contribution in [0.1, 0.15) is 31.9 Å². The van der Waals surface area contributed by atoms with Crippen LogP contribution in [0.5, 0.6) is 11.5 Å². The number of rotatable bonds is 13. The predicted molar refractivity (Wildman–Crippen MR) is 160 cm³/mol. The minimum Gasteiger partial charge on any atom is -0.493 e. The molecule has 3 aromatic rings. The van der Waals surface area contributed by atoms with E-state index in [0.717, 1.165) is 15.4 Å². The van der Waals surface area contributed by atoms with E-state index in [1.54, 1.807) is 37.3 Å². The van der Waals surface area contributed by atoms with E-state index in [4.69, 9.17) is 9.47 Å². The van der Waals surface area contributed by atoms with Gasteiger partial charge in [0.1, 0.15) is 12.6 Å². The Bertz CT molecular complexity index is 1440. The molecule has 0 saturated carbocycles. The summed E-state index contributed by atoms with van der Waals surface area (Å²) in [5.74, 6) is 0.0105. The number of sulfonamides is 1. The van der Waals surface area contributed by atoms with Crippen molar-refractivity contribution in [2.45, 2.75) is 45.2 Å². The average Bonchev–Trinajstić information content (AvgIpc) is 2.96. The molecule has 9 nitrogen and oxygen atoms in total. The van der Waals surface area contributed by atoms with Gasteiger partial charge in [-0.3, -0.25) is 13.9 Å². The number of amides is 2. The predicted octanol–water partition coefficient (Wildman–Crippen LogP) is 4.40. The van der Waals surface area contributed by atoms with Crippen molar-refractivity contribution in [2.75, 3.05) is 31.6 Å². The molecule has 3 aromatic carbocycles. The lowest BCUT2D eigenvalue weighted by Gasteiger charge is -2.32. The van der Waals surface area contributed by atoms with Gasteiger partial charge in [0.25, 0.3) is 10.0 Å². The molecule has 0 fully saturated rings. The van der Waals surface area contributed by atoms with Gasteiger partial charge in [-0.1, -0.05) is 61.9 Å². The minimum atomic E-state index is -4.24. The van der Waals surface area contributed by atoms with Crippen LogP contribution in [-0.4, -0.2) is 58.5 Å². The van der Waals surface area contributed by atoms with Gasteiger partial charge in [-0.15, -0.1) is 0 Å². The lowest BCUT2D eigenvalue weighted by Crippen LogP contribution is -2.51. The van der Waals surface area contributed by atoms with Crippen LogP contribution in [0, 0.1) is 12.8 Å². The molecule has 2 amide bonds. The fourth-order valence-corrected chi connectivity index (χ4v) is 5.70. The van der Waals surface area contributed by atoms with Gasteiger partial charge in [-0.2, -0.15) is 0 Å². The number of para-hydroxylation sites is 1. The molecule has 0 aliphatic heterocycles. The SMILES string of the molecule is COc1ccc(S(=O)(=O)N(CC(=O)N(Cc2cccc(C)c2)C(C)C(=O)NCC(C)C)c2ccccc2)cc1OC. The Morgan fingerprint density at radius 3 is 2.17 bits per heavy atom. The molecule has 0 aliphatic rings. The Hall–Kier alpha value is -4.05. The lowest BCUT2D eigenvalue weighted by atomic mass is 10.1. The van der Waals surface area contributed by atoms with Crippen LogP contribution in [0.25, 0.3) is 0 Å². The molecule has 41 heavy (non-hydrogen) atoms. The van der Waals surface area contributed by atoms with E-state index in [0.29, 0.717) is 18.0 Å². The van der Waals surface area contributed by atoms with Crippen LogP contribution in [-0.2, 0) is 26.2 Å². The van der Waals surface area contributed by atoms with Crippen molar-refractivity contribution < 1.29 is 27.5 Å². The zero-order valence-electron chi connectivity index (χ0n) is 24.5. The third-order valence-corrected chi connectivity index (χ3v) is 8.32. The molecule has 10 heteroatoms. The van der Waals surface area contributed by atoms with Crippen molar-refractivity contribution in [1.29, 1.82) is 0 Å². The van der Waals surface area contributed by atoms with Crippen LogP contribution in [0.4, 0.5) is 5.69 Å². The standard InChI is InChI=1S/C31H39N3O6S/c1-22(2)19-32-31(36)24(4)33(20-25-12-10-11-23(3)17-25)30(35)21-34(26-13-8-7-9-14-26)41(37,38)27-15-16-28(39-5)29(18-27)40-6/h7-18,22,24H,19-21H2,1-6H3,(H,32,36). The summed E-state index contributed by atoms with van der Waals surface area (Å²) in [6, 6.07) is 19.5. The normalized spacial score (nSPS) is 12.0. The van der Waals surface area contributed by atoms with Crippen molar-refractivity contribution in [3.05, 3.63) is 83.9 Å². The Balaban J connectivity index is 2.03. The Labute approximate surface area is 243 Å². The van der Waals surface area contributed by atoms with E-state index in [1.165, 1.54) is 37.3 Å².